The fourth-order valence-electron chi connectivity index (χ4n) is 2.41. The standard InChI is InChI=1S/C15H20N4.C2H6/c1-17-9-11-18(12-10-17)15-7-8-19(16-15)13-14-5-3-2-4-6-14;1-2/h2-8H,9-13H2,1H3;1-2H3. The number of nitrogens with zero attached hydrogens (tertiary/aromatic N) is 4. The second-order valence-corrected chi connectivity index (χ2v) is 5.15. The SMILES string of the molecule is CC.CN1CCN(c2ccn(Cc3ccccc3)n2)CC1. The maximum atomic E-state index is 4.68. The first-order valence-corrected chi connectivity index (χ1v) is 7.82. The second kappa shape index (κ2) is 7.84. The number of likely N-dealkylation sites (N-methyl/N-ethyl adjacent to an activating group) is 1. The molecule has 1 aliphatic rings. The number of hydrogen-bond donors (Lipinski definition) is 0. The Morgan fingerprint density at radius 3 is 2.29 bits per heavy atom. The first kappa shape index (κ1) is 15.6. The molecule has 0 bridgehead atoms. The van der Waals surface area contributed by atoms with Crippen LogP contribution in [0.2, 0.25) is 0 Å². The first-order valence-electron chi connectivity index (χ1n) is 7.82. The number of benzene rings is 1. The molecular weight excluding hydrogens is 260 g/mol. The summed E-state index contributed by atoms with van der Waals surface area (Å²) < 4.78 is 2.02. The van der Waals surface area contributed by atoms with Crippen molar-refractivity contribution >= 4 is 5.82 Å². The van der Waals surface area contributed by atoms with Gasteiger partial charge in [-0.2, -0.15) is 5.10 Å². The van der Waals surface area contributed by atoms with Gasteiger partial charge in [0.25, 0.3) is 0 Å². The number of anilines is 1. The van der Waals surface area contributed by atoms with Crippen LogP contribution in [-0.2, 0) is 6.54 Å². The lowest BCUT2D eigenvalue weighted by molar-refractivity contribution is 0.311. The molecule has 21 heavy (non-hydrogen) atoms. The minimum atomic E-state index is 0.842. The number of rotatable bonds is 3. The molecule has 4 heteroatoms. The van der Waals surface area contributed by atoms with Gasteiger partial charge in [-0.15, -0.1) is 0 Å². The summed E-state index contributed by atoms with van der Waals surface area (Å²) in [6.07, 6.45) is 2.07. The lowest BCUT2D eigenvalue weighted by atomic mass is 10.2. The quantitative estimate of drug-likeness (QED) is 0.867. The average Bonchev–Trinajstić information content (AvgIpc) is 2.99. The van der Waals surface area contributed by atoms with Crippen LogP contribution in [0.3, 0.4) is 0 Å². The molecule has 4 nitrogen and oxygen atoms in total. The monoisotopic (exact) mass is 286 g/mol. The molecule has 0 saturated carbocycles. The van der Waals surface area contributed by atoms with Crippen molar-refractivity contribution in [2.75, 3.05) is 38.1 Å². The summed E-state index contributed by atoms with van der Waals surface area (Å²) in [5.41, 5.74) is 1.29. The van der Waals surface area contributed by atoms with E-state index in [1.54, 1.807) is 0 Å². The molecule has 1 fully saturated rings. The highest BCUT2D eigenvalue weighted by Crippen LogP contribution is 2.13. The second-order valence-electron chi connectivity index (χ2n) is 5.15. The van der Waals surface area contributed by atoms with Crippen LogP contribution in [0.4, 0.5) is 5.82 Å². The number of aromatic nitrogens is 2. The lowest BCUT2D eigenvalue weighted by Gasteiger charge is -2.32. The summed E-state index contributed by atoms with van der Waals surface area (Å²) in [6.45, 7) is 9.21. The highest BCUT2D eigenvalue weighted by molar-refractivity contribution is 5.37. The van der Waals surface area contributed by atoms with E-state index in [9.17, 15) is 0 Å². The summed E-state index contributed by atoms with van der Waals surface area (Å²) in [7, 11) is 2.17. The van der Waals surface area contributed by atoms with E-state index in [1.807, 2.05) is 24.6 Å². The summed E-state index contributed by atoms with van der Waals surface area (Å²) in [5, 5.41) is 4.68. The molecule has 0 spiro atoms. The van der Waals surface area contributed by atoms with E-state index in [0.29, 0.717) is 0 Å². The summed E-state index contributed by atoms with van der Waals surface area (Å²) in [4.78, 5) is 4.72. The van der Waals surface area contributed by atoms with E-state index in [-0.39, 0.29) is 0 Å². The largest absolute Gasteiger partial charge is 0.353 e. The molecule has 0 radical (unpaired) electrons. The van der Waals surface area contributed by atoms with E-state index in [2.05, 4.69) is 58.5 Å². The lowest BCUT2D eigenvalue weighted by Crippen LogP contribution is -2.44. The maximum absolute atomic E-state index is 4.68. The zero-order chi connectivity index (χ0) is 15.1. The van der Waals surface area contributed by atoms with Gasteiger partial charge >= 0.3 is 0 Å². The van der Waals surface area contributed by atoms with Crippen molar-refractivity contribution in [1.82, 2.24) is 14.7 Å². The fraction of sp³-hybridized carbons (Fsp3) is 0.471. The molecule has 0 aliphatic carbocycles. The molecule has 114 valence electrons. The first-order chi connectivity index (χ1) is 10.3. The van der Waals surface area contributed by atoms with Gasteiger partial charge in [0.15, 0.2) is 5.82 Å². The molecule has 0 atom stereocenters. The highest BCUT2D eigenvalue weighted by atomic mass is 15.4. The summed E-state index contributed by atoms with van der Waals surface area (Å²) in [5.74, 6) is 1.10. The van der Waals surface area contributed by atoms with Gasteiger partial charge in [-0.05, 0) is 12.6 Å². The van der Waals surface area contributed by atoms with Crippen LogP contribution < -0.4 is 4.90 Å². The van der Waals surface area contributed by atoms with E-state index in [4.69, 9.17) is 0 Å². The molecule has 0 unspecified atom stereocenters. The summed E-state index contributed by atoms with van der Waals surface area (Å²) in [6, 6.07) is 12.6. The third-order valence-corrected chi connectivity index (χ3v) is 3.64. The minimum absolute atomic E-state index is 0.842. The van der Waals surface area contributed by atoms with Crippen LogP contribution in [-0.4, -0.2) is 47.9 Å². The molecular formula is C17H26N4. The van der Waals surface area contributed by atoms with Crippen molar-refractivity contribution in [3.05, 3.63) is 48.2 Å². The van der Waals surface area contributed by atoms with Gasteiger partial charge in [-0.1, -0.05) is 44.2 Å². The zero-order valence-electron chi connectivity index (χ0n) is 13.4. The highest BCUT2D eigenvalue weighted by Gasteiger charge is 2.15. The molecule has 2 heterocycles. The van der Waals surface area contributed by atoms with Crippen LogP contribution in [0.25, 0.3) is 0 Å². The van der Waals surface area contributed by atoms with Crippen molar-refractivity contribution in [3.8, 4) is 0 Å². The van der Waals surface area contributed by atoms with Gasteiger partial charge in [0.2, 0.25) is 0 Å². The molecule has 3 rings (SSSR count). The maximum Gasteiger partial charge on any atom is 0.150 e. The van der Waals surface area contributed by atoms with Gasteiger partial charge in [-0.25, -0.2) is 0 Å². The molecule has 2 aromatic rings. The Balaban J connectivity index is 0.000000774. The molecule has 0 amide bonds. The third kappa shape index (κ3) is 4.33. The van der Waals surface area contributed by atoms with Crippen LogP contribution in [0.5, 0.6) is 0 Å². The third-order valence-electron chi connectivity index (χ3n) is 3.64. The van der Waals surface area contributed by atoms with Gasteiger partial charge in [0, 0.05) is 38.4 Å². The molecule has 1 saturated heterocycles. The van der Waals surface area contributed by atoms with Gasteiger partial charge < -0.3 is 9.80 Å². The smallest absolute Gasteiger partial charge is 0.150 e. The number of piperazine rings is 1. The topological polar surface area (TPSA) is 24.3 Å². The van der Waals surface area contributed by atoms with E-state index in [1.165, 1.54) is 5.56 Å². The Bertz CT molecular complexity index is 513. The van der Waals surface area contributed by atoms with Crippen LogP contribution >= 0.6 is 0 Å². The van der Waals surface area contributed by atoms with Crippen molar-refractivity contribution in [2.24, 2.45) is 0 Å². The number of hydrogen-bond acceptors (Lipinski definition) is 3. The molecule has 0 N–H and O–H groups in total. The van der Waals surface area contributed by atoms with Crippen molar-refractivity contribution in [1.29, 1.82) is 0 Å². The Kier molecular flexibility index (Phi) is 5.81. The van der Waals surface area contributed by atoms with Gasteiger partial charge in [0.1, 0.15) is 0 Å². The van der Waals surface area contributed by atoms with Gasteiger partial charge in [0.05, 0.1) is 6.54 Å². The Morgan fingerprint density at radius 2 is 1.62 bits per heavy atom. The van der Waals surface area contributed by atoms with E-state index in [0.717, 1.165) is 38.5 Å². The molecule has 1 aromatic carbocycles. The van der Waals surface area contributed by atoms with E-state index >= 15 is 0 Å². The summed E-state index contributed by atoms with van der Waals surface area (Å²) >= 11 is 0. The molecule has 1 aromatic heterocycles. The fourth-order valence-corrected chi connectivity index (χ4v) is 2.41. The Labute approximate surface area is 128 Å². The van der Waals surface area contributed by atoms with Gasteiger partial charge in [-0.3, -0.25) is 4.68 Å². The Morgan fingerprint density at radius 1 is 0.952 bits per heavy atom. The van der Waals surface area contributed by atoms with Crippen LogP contribution in [0.1, 0.15) is 19.4 Å². The Hall–Kier alpha value is -1.81. The molecule has 1 aliphatic heterocycles. The predicted molar refractivity (Wildman–Crippen MR) is 88.8 cm³/mol. The van der Waals surface area contributed by atoms with E-state index < -0.39 is 0 Å². The van der Waals surface area contributed by atoms with Crippen LogP contribution in [0.15, 0.2) is 42.6 Å². The predicted octanol–water partition coefficient (Wildman–Crippen LogP) is 2.71. The zero-order valence-corrected chi connectivity index (χ0v) is 13.4. The average molecular weight is 286 g/mol. The van der Waals surface area contributed by atoms with Crippen molar-refractivity contribution in [2.45, 2.75) is 20.4 Å². The van der Waals surface area contributed by atoms with Crippen molar-refractivity contribution in [3.63, 3.8) is 0 Å². The normalized spacial score (nSPS) is 15.5. The van der Waals surface area contributed by atoms with Crippen molar-refractivity contribution < 1.29 is 0 Å². The minimum Gasteiger partial charge on any atom is -0.353 e. The van der Waals surface area contributed by atoms with Crippen LogP contribution in [0, 0.1) is 0 Å².